The van der Waals surface area contributed by atoms with Gasteiger partial charge < -0.3 is 34.2 Å². The minimum atomic E-state index is -1.12. The first-order valence-corrected chi connectivity index (χ1v) is 15.8. The van der Waals surface area contributed by atoms with Crippen molar-refractivity contribution in [3.8, 4) is 5.75 Å². The topological polar surface area (TPSA) is 135 Å². The summed E-state index contributed by atoms with van der Waals surface area (Å²) >= 11 is 0. The number of aryl methyl sites for hydroxylation is 1. The number of benzene rings is 1. The molecule has 2 atom stereocenters. The standard InChI is InChI=1S/C33H50N4O8/c1-11-27(38)34-14-16-36-25-18-24(21(4)17-26(25)45-33(9,10)29(36)40)28(39)37(20(2)3)23-13-12-15-35(19-23)31(42)44-22(5)43-30(41)32(6,7)8/h17-18,20,22-23H,11-16,19H2,1-10H3,(H,34,38)/t22?,23-/m1/s1. The third-order valence-corrected chi connectivity index (χ3v) is 7.92. The summed E-state index contributed by atoms with van der Waals surface area (Å²) in [5, 5.41) is 2.81. The molecule has 4 amide bonds. The Morgan fingerprint density at radius 3 is 2.40 bits per heavy atom. The lowest BCUT2D eigenvalue weighted by Gasteiger charge is -2.42. The third-order valence-electron chi connectivity index (χ3n) is 7.92. The van der Waals surface area contributed by atoms with E-state index >= 15 is 0 Å². The van der Waals surface area contributed by atoms with Crippen molar-refractivity contribution >= 4 is 35.5 Å². The fourth-order valence-electron chi connectivity index (χ4n) is 5.48. The first-order chi connectivity index (χ1) is 20.9. The lowest BCUT2D eigenvalue weighted by molar-refractivity contribution is -0.175. The summed E-state index contributed by atoms with van der Waals surface area (Å²) in [4.78, 5) is 69.6. The van der Waals surface area contributed by atoms with Gasteiger partial charge in [-0.15, -0.1) is 0 Å². The molecule has 2 aliphatic rings. The predicted octanol–water partition coefficient (Wildman–Crippen LogP) is 4.41. The normalized spacial score (nSPS) is 18.5. The van der Waals surface area contributed by atoms with Gasteiger partial charge in [-0.1, -0.05) is 6.92 Å². The summed E-state index contributed by atoms with van der Waals surface area (Å²) in [5.74, 6) is -0.605. The summed E-state index contributed by atoms with van der Waals surface area (Å²) in [6.07, 6.45) is 0.00949. The van der Waals surface area contributed by atoms with E-state index in [1.54, 1.807) is 68.4 Å². The van der Waals surface area contributed by atoms with Gasteiger partial charge in [0.1, 0.15) is 5.75 Å². The van der Waals surface area contributed by atoms with E-state index in [0.29, 0.717) is 48.4 Å². The summed E-state index contributed by atoms with van der Waals surface area (Å²) in [5.41, 5.74) is -0.275. The number of amides is 4. The Balaban J connectivity index is 1.84. The Bertz CT molecular complexity index is 1300. The molecule has 1 N–H and O–H groups in total. The molecule has 1 fully saturated rings. The molecule has 0 aliphatic carbocycles. The van der Waals surface area contributed by atoms with Crippen LogP contribution in [0.4, 0.5) is 10.5 Å². The number of carbonyl (C=O) groups excluding carboxylic acids is 5. The quantitative estimate of drug-likeness (QED) is 0.313. The SMILES string of the molecule is CCC(=O)NCCN1C(=O)C(C)(C)Oc2cc(C)c(C(=O)N(C(C)C)[C@@H]3CCCN(C(=O)OC(C)OC(=O)C(C)(C)C)C3)cc21. The zero-order chi connectivity index (χ0) is 33.9. The largest absolute Gasteiger partial charge is 0.476 e. The highest BCUT2D eigenvalue weighted by molar-refractivity contribution is 6.05. The number of nitrogens with zero attached hydrogens (tertiary/aromatic N) is 3. The molecule has 3 rings (SSSR count). The number of hydrogen-bond donors (Lipinski definition) is 1. The maximum atomic E-state index is 14.3. The van der Waals surface area contributed by atoms with Gasteiger partial charge in [0.15, 0.2) is 5.60 Å². The highest BCUT2D eigenvalue weighted by Crippen LogP contribution is 2.40. The van der Waals surface area contributed by atoms with Crippen molar-refractivity contribution in [3.63, 3.8) is 0 Å². The Morgan fingerprint density at radius 1 is 1.13 bits per heavy atom. The number of piperidine rings is 1. The number of carbonyl (C=O) groups is 5. The Labute approximate surface area is 266 Å². The first-order valence-electron chi connectivity index (χ1n) is 15.8. The minimum Gasteiger partial charge on any atom is -0.476 e. The number of esters is 1. The number of anilines is 1. The molecule has 0 radical (unpaired) electrons. The van der Waals surface area contributed by atoms with E-state index in [2.05, 4.69) is 5.32 Å². The molecule has 1 aromatic carbocycles. The fraction of sp³-hybridized carbons (Fsp3) is 0.667. The van der Waals surface area contributed by atoms with Crippen molar-refractivity contribution in [2.75, 3.05) is 31.1 Å². The lowest BCUT2D eigenvalue weighted by atomic mass is 9.97. The van der Waals surface area contributed by atoms with Crippen molar-refractivity contribution in [2.24, 2.45) is 5.41 Å². The Morgan fingerprint density at radius 2 is 1.80 bits per heavy atom. The summed E-state index contributed by atoms with van der Waals surface area (Å²) in [6, 6.07) is 2.98. The highest BCUT2D eigenvalue weighted by atomic mass is 16.7. The molecular weight excluding hydrogens is 580 g/mol. The van der Waals surface area contributed by atoms with E-state index in [1.165, 1.54) is 6.92 Å². The van der Waals surface area contributed by atoms with Gasteiger partial charge in [-0.25, -0.2) is 4.79 Å². The fourth-order valence-corrected chi connectivity index (χ4v) is 5.48. The minimum absolute atomic E-state index is 0.117. The van der Waals surface area contributed by atoms with Gasteiger partial charge in [0.25, 0.3) is 11.8 Å². The molecule has 1 unspecified atom stereocenters. The van der Waals surface area contributed by atoms with Crippen LogP contribution in [0.3, 0.4) is 0 Å². The first kappa shape index (κ1) is 35.6. The van der Waals surface area contributed by atoms with E-state index in [1.807, 2.05) is 20.8 Å². The average molecular weight is 631 g/mol. The van der Waals surface area contributed by atoms with Crippen molar-refractivity contribution in [1.82, 2.24) is 15.1 Å². The van der Waals surface area contributed by atoms with Gasteiger partial charge in [0, 0.05) is 51.1 Å². The van der Waals surface area contributed by atoms with Crippen molar-refractivity contribution < 1.29 is 38.2 Å². The summed E-state index contributed by atoms with van der Waals surface area (Å²) in [6.45, 7) is 18.7. The average Bonchev–Trinajstić information content (AvgIpc) is 2.94. The van der Waals surface area contributed by atoms with E-state index in [-0.39, 0.29) is 49.4 Å². The molecule has 1 saturated heterocycles. The molecule has 12 heteroatoms. The van der Waals surface area contributed by atoms with E-state index in [4.69, 9.17) is 14.2 Å². The molecule has 0 spiro atoms. The van der Waals surface area contributed by atoms with E-state index in [9.17, 15) is 24.0 Å². The van der Waals surface area contributed by atoms with Crippen LogP contribution in [0.15, 0.2) is 12.1 Å². The second-order valence-corrected chi connectivity index (χ2v) is 13.6. The van der Waals surface area contributed by atoms with Crippen LogP contribution in [0.25, 0.3) is 0 Å². The van der Waals surface area contributed by atoms with Crippen LogP contribution in [0, 0.1) is 12.3 Å². The second kappa shape index (κ2) is 14.1. The van der Waals surface area contributed by atoms with Gasteiger partial charge >= 0.3 is 12.1 Å². The van der Waals surface area contributed by atoms with E-state index < -0.39 is 29.4 Å². The second-order valence-electron chi connectivity index (χ2n) is 13.6. The zero-order valence-corrected chi connectivity index (χ0v) is 28.4. The molecule has 1 aromatic rings. The molecule has 12 nitrogen and oxygen atoms in total. The molecule has 0 bridgehead atoms. The van der Waals surface area contributed by atoms with E-state index in [0.717, 1.165) is 0 Å². The van der Waals surface area contributed by atoms with Crippen LogP contribution in [0.2, 0.25) is 0 Å². The third kappa shape index (κ3) is 8.46. The van der Waals surface area contributed by atoms with Crippen molar-refractivity contribution in [1.29, 1.82) is 0 Å². The van der Waals surface area contributed by atoms with Gasteiger partial charge in [0.2, 0.25) is 12.2 Å². The van der Waals surface area contributed by atoms with Crippen LogP contribution in [-0.4, -0.2) is 89.7 Å². The maximum Gasteiger partial charge on any atom is 0.412 e. The smallest absolute Gasteiger partial charge is 0.412 e. The van der Waals surface area contributed by atoms with Crippen LogP contribution in [0.5, 0.6) is 5.75 Å². The number of likely N-dealkylation sites (tertiary alicyclic amines) is 1. The number of fused-ring (bicyclic) bond motifs is 1. The molecule has 2 aliphatic heterocycles. The Hall–Kier alpha value is -3.83. The number of ether oxygens (including phenoxy) is 3. The molecule has 2 heterocycles. The number of rotatable bonds is 9. The molecule has 250 valence electrons. The van der Waals surface area contributed by atoms with Gasteiger partial charge in [-0.2, -0.15) is 0 Å². The highest BCUT2D eigenvalue weighted by Gasteiger charge is 2.42. The lowest BCUT2D eigenvalue weighted by Crippen LogP contribution is -2.55. The summed E-state index contributed by atoms with van der Waals surface area (Å²) < 4.78 is 16.8. The van der Waals surface area contributed by atoms with Crippen molar-refractivity contribution in [3.05, 3.63) is 23.3 Å². The van der Waals surface area contributed by atoms with Crippen LogP contribution >= 0.6 is 0 Å². The van der Waals surface area contributed by atoms with Gasteiger partial charge in [-0.05, 0) is 85.9 Å². The molecule has 45 heavy (non-hydrogen) atoms. The molecular formula is C33H50N4O8. The predicted molar refractivity (Wildman–Crippen MR) is 169 cm³/mol. The van der Waals surface area contributed by atoms with Crippen LogP contribution in [0.1, 0.15) is 97.5 Å². The number of nitrogens with one attached hydrogen (secondary N) is 1. The van der Waals surface area contributed by atoms with Crippen LogP contribution < -0.4 is 15.0 Å². The molecule has 0 saturated carbocycles. The zero-order valence-electron chi connectivity index (χ0n) is 28.4. The summed E-state index contributed by atoms with van der Waals surface area (Å²) in [7, 11) is 0. The van der Waals surface area contributed by atoms with Crippen molar-refractivity contribution in [2.45, 2.75) is 112 Å². The number of hydrogen-bond acceptors (Lipinski definition) is 8. The maximum absolute atomic E-state index is 14.3. The molecule has 0 aromatic heterocycles. The monoisotopic (exact) mass is 630 g/mol. The van der Waals surface area contributed by atoms with Gasteiger partial charge in [0.05, 0.1) is 17.1 Å². The Kier molecular flexibility index (Phi) is 11.2. The van der Waals surface area contributed by atoms with Crippen LogP contribution in [-0.2, 0) is 23.9 Å². The van der Waals surface area contributed by atoms with Gasteiger partial charge in [-0.3, -0.25) is 19.2 Å².